The molecule has 26 valence electrons. The summed E-state index contributed by atoms with van der Waals surface area (Å²) in [5.41, 5.74) is 0. The first-order valence-electron chi connectivity index (χ1n) is 0.792. The van der Waals surface area contributed by atoms with Crippen molar-refractivity contribution < 1.29 is 0 Å². The lowest BCUT2D eigenvalue weighted by atomic mass is 11.9. The Morgan fingerprint density at radius 3 is 2.25 bits per heavy atom. The van der Waals surface area contributed by atoms with Crippen LogP contribution in [0.2, 0.25) is 0 Å². The van der Waals surface area contributed by atoms with Crippen molar-refractivity contribution in [3.8, 4) is 0 Å². The lowest BCUT2D eigenvalue weighted by molar-refractivity contribution is 2.28. The maximum Gasteiger partial charge on any atom is 0.0716 e. The van der Waals surface area contributed by atoms with Crippen molar-refractivity contribution in [2.75, 3.05) is 5.21 Å². The highest BCUT2D eigenvalue weighted by Gasteiger charge is 1.58. The van der Waals surface area contributed by atoms with E-state index in [1.807, 2.05) is 0 Å². The molecule has 0 fully saturated rings. The Kier molecular flexibility index (Phi) is 5.16. The van der Waals surface area contributed by atoms with Gasteiger partial charge in [0.15, 0.2) is 0 Å². The van der Waals surface area contributed by atoms with E-state index in [0.717, 1.165) is 0 Å². The zero-order chi connectivity index (χ0) is 3.41. The number of hydrogen-bond acceptors (Lipinski definition) is 1. The number of alkyl halides is 1. The smallest absolute Gasteiger partial charge is 0.0716 e. The van der Waals surface area contributed by atoms with Crippen LogP contribution in [-0.2, 0) is 0 Å². The van der Waals surface area contributed by atoms with Crippen LogP contribution in [-0.4, -0.2) is 5.21 Å². The van der Waals surface area contributed by atoms with Gasteiger partial charge in [0, 0.05) is 0 Å². The van der Waals surface area contributed by atoms with Gasteiger partial charge < -0.3 is 0 Å². The van der Waals surface area contributed by atoms with Crippen molar-refractivity contribution in [1.29, 1.82) is 0 Å². The van der Waals surface area contributed by atoms with Gasteiger partial charge >= 0.3 is 0 Å². The fourth-order valence-corrected chi connectivity index (χ4v) is 0. The third kappa shape index (κ3) is 3.07. The largest absolute Gasteiger partial charge is 0.125 e. The van der Waals surface area contributed by atoms with Crippen LogP contribution in [0, 0.1) is 0 Å². The van der Waals surface area contributed by atoms with Gasteiger partial charge in [0.05, 0.1) is 5.21 Å². The van der Waals surface area contributed by atoms with Gasteiger partial charge in [0.1, 0.15) is 0 Å². The van der Waals surface area contributed by atoms with Gasteiger partial charge in [-0.05, 0) is 0 Å². The molecular formula is CH4ClPS. The van der Waals surface area contributed by atoms with E-state index in [1.54, 1.807) is 0 Å². The molecule has 0 N–H and O–H groups in total. The average molecular weight is 115 g/mol. The van der Waals surface area contributed by atoms with Crippen LogP contribution < -0.4 is 0 Å². The summed E-state index contributed by atoms with van der Waals surface area (Å²) in [5, 5.41) is 0.671. The van der Waals surface area contributed by atoms with E-state index >= 15 is 0 Å². The van der Waals surface area contributed by atoms with Gasteiger partial charge in [-0.2, -0.15) is 0 Å². The minimum atomic E-state index is 0.671. The normalized spacial score (nSPS) is 7.50. The van der Waals surface area contributed by atoms with Crippen molar-refractivity contribution >= 4 is 31.4 Å². The standard InChI is InChI=1S/CH4ClPS/c2-1-4-3/h1,3H2. The Morgan fingerprint density at radius 2 is 2.25 bits per heavy atom. The highest BCUT2D eigenvalue weighted by Crippen LogP contribution is 2.09. The first kappa shape index (κ1) is 5.07. The molecule has 1 unspecified atom stereocenters. The van der Waals surface area contributed by atoms with Crippen LogP contribution in [0.1, 0.15) is 0 Å². The molecule has 0 aliphatic rings. The predicted octanol–water partition coefficient (Wildman–Crippen LogP) is 1.71. The molecule has 0 rings (SSSR count). The van der Waals surface area contributed by atoms with E-state index in [4.69, 9.17) is 11.6 Å². The van der Waals surface area contributed by atoms with Crippen LogP contribution in [0.15, 0.2) is 0 Å². The zero-order valence-electron chi connectivity index (χ0n) is 2.07. The molecule has 0 aliphatic carbocycles. The monoisotopic (exact) mass is 114 g/mol. The molecule has 0 nitrogen and oxygen atoms in total. The summed E-state index contributed by atoms with van der Waals surface area (Å²) in [6.45, 7) is 0. The van der Waals surface area contributed by atoms with E-state index in [2.05, 4.69) is 8.44 Å². The summed E-state index contributed by atoms with van der Waals surface area (Å²) in [6.07, 6.45) is 0. The summed E-state index contributed by atoms with van der Waals surface area (Å²) in [7, 11) is 2.44. The summed E-state index contributed by atoms with van der Waals surface area (Å²) in [6, 6.07) is 0. The van der Waals surface area contributed by atoms with E-state index in [1.165, 1.54) is 11.4 Å². The van der Waals surface area contributed by atoms with Crippen LogP contribution in [0.5, 0.6) is 0 Å². The van der Waals surface area contributed by atoms with E-state index in [0.29, 0.717) is 5.21 Å². The molecule has 0 aliphatic heterocycles. The molecule has 0 heterocycles. The van der Waals surface area contributed by atoms with Crippen molar-refractivity contribution in [3.63, 3.8) is 0 Å². The van der Waals surface area contributed by atoms with Crippen molar-refractivity contribution in [3.05, 3.63) is 0 Å². The molecule has 4 heavy (non-hydrogen) atoms. The fourth-order valence-electron chi connectivity index (χ4n) is 0. The van der Waals surface area contributed by atoms with Crippen molar-refractivity contribution in [1.82, 2.24) is 0 Å². The molecule has 0 saturated carbocycles. The molecule has 0 radical (unpaired) electrons. The summed E-state index contributed by atoms with van der Waals surface area (Å²) in [5.74, 6) is 0. The van der Waals surface area contributed by atoms with Crippen molar-refractivity contribution in [2.24, 2.45) is 0 Å². The Labute approximate surface area is 37.2 Å². The molecule has 1 atom stereocenters. The molecule has 0 aromatic rings. The highest BCUT2D eigenvalue weighted by atomic mass is 35.5. The Balaban J connectivity index is 1.97. The molecule has 0 aromatic heterocycles. The number of hydrogen-bond donors (Lipinski definition) is 0. The molecule has 3 heteroatoms. The summed E-state index contributed by atoms with van der Waals surface area (Å²) < 4.78 is 0. The van der Waals surface area contributed by atoms with Gasteiger partial charge in [-0.25, -0.2) is 0 Å². The Hall–Kier alpha value is 1.07. The molecule has 0 saturated heterocycles. The van der Waals surface area contributed by atoms with Crippen LogP contribution in [0.3, 0.4) is 0 Å². The lowest BCUT2D eigenvalue weighted by Gasteiger charge is -1.67. The second kappa shape index (κ2) is 4.07. The van der Waals surface area contributed by atoms with E-state index < -0.39 is 0 Å². The second-order valence-electron chi connectivity index (χ2n) is 0.276. The molecule has 0 spiro atoms. The zero-order valence-corrected chi connectivity index (χ0v) is 4.80. The van der Waals surface area contributed by atoms with Gasteiger partial charge in [0.25, 0.3) is 0 Å². The van der Waals surface area contributed by atoms with Crippen LogP contribution in [0.25, 0.3) is 0 Å². The summed E-state index contributed by atoms with van der Waals surface area (Å²) >= 11 is 6.67. The average Bonchev–Trinajstić information content (AvgIpc) is 1.37. The second-order valence-corrected chi connectivity index (χ2v) is 2.48. The van der Waals surface area contributed by atoms with Gasteiger partial charge in [-0.1, -0.05) is 8.44 Å². The molecule has 0 bridgehead atoms. The molecular weight excluding hydrogens is 111 g/mol. The predicted molar refractivity (Wildman–Crippen MR) is 28.0 cm³/mol. The maximum atomic E-state index is 5.13. The maximum absolute atomic E-state index is 5.13. The topological polar surface area (TPSA) is 0 Å². The minimum absolute atomic E-state index is 0.671. The molecule has 0 amide bonds. The summed E-state index contributed by atoms with van der Waals surface area (Å²) in [4.78, 5) is 0. The van der Waals surface area contributed by atoms with Gasteiger partial charge in [-0.3, -0.25) is 0 Å². The number of halogens is 1. The third-order valence-corrected chi connectivity index (χ3v) is 1.70. The Bertz CT molecular complexity index is 10.0. The lowest BCUT2D eigenvalue weighted by Crippen LogP contribution is -1.34. The van der Waals surface area contributed by atoms with Gasteiger partial charge in [0.2, 0.25) is 0 Å². The first-order valence-corrected chi connectivity index (χ1v) is 3.79. The van der Waals surface area contributed by atoms with E-state index in [-0.39, 0.29) is 0 Å². The fraction of sp³-hybridized carbons (Fsp3) is 1.00. The molecule has 0 aromatic carbocycles. The van der Waals surface area contributed by atoms with E-state index in [9.17, 15) is 0 Å². The van der Waals surface area contributed by atoms with Crippen LogP contribution >= 0.6 is 31.4 Å². The third-order valence-electron chi connectivity index (χ3n) is 0.0630. The van der Waals surface area contributed by atoms with Crippen LogP contribution in [0.4, 0.5) is 0 Å². The quantitative estimate of drug-likeness (QED) is 0.369. The van der Waals surface area contributed by atoms with Gasteiger partial charge in [-0.15, -0.1) is 23.0 Å². The first-order chi connectivity index (χ1) is 1.91. The SMILES string of the molecule is PSCCl. The number of rotatable bonds is 1. The van der Waals surface area contributed by atoms with Crippen molar-refractivity contribution in [2.45, 2.75) is 0 Å². The Morgan fingerprint density at radius 1 is 2.00 bits per heavy atom. The minimum Gasteiger partial charge on any atom is -0.125 e. The highest BCUT2D eigenvalue weighted by molar-refractivity contribution is 8.44.